The van der Waals surface area contributed by atoms with Gasteiger partial charge in [0.1, 0.15) is 5.56 Å². The number of amides is 1. The fourth-order valence-electron chi connectivity index (χ4n) is 4.25. The maximum Gasteiger partial charge on any atom is 0.263 e. The molecule has 6 nitrogen and oxygen atoms in total. The minimum atomic E-state index is -0.187. The first-order chi connectivity index (χ1) is 14.6. The number of piperidine rings is 1. The Kier molecular flexibility index (Phi) is 6.12. The van der Waals surface area contributed by atoms with Crippen LogP contribution < -0.4 is 5.56 Å². The maximum atomic E-state index is 13.3. The molecule has 3 aromatic rings. The molecule has 1 aromatic carbocycles. The van der Waals surface area contributed by atoms with Crippen LogP contribution in [0, 0.1) is 12.8 Å². The number of likely N-dealkylation sites (tertiary alicyclic amines) is 1. The van der Waals surface area contributed by atoms with E-state index in [1.165, 1.54) is 5.56 Å². The second-order valence-electron chi connectivity index (χ2n) is 8.13. The van der Waals surface area contributed by atoms with Crippen LogP contribution in [0.4, 0.5) is 0 Å². The Balaban J connectivity index is 1.49. The summed E-state index contributed by atoms with van der Waals surface area (Å²) in [6, 6.07) is 12.0. The normalized spacial score (nSPS) is 16.6. The molecule has 0 saturated carbocycles. The fraction of sp³-hybridized carbons (Fsp3) is 0.375. The Morgan fingerprint density at radius 3 is 2.77 bits per heavy atom. The van der Waals surface area contributed by atoms with Crippen molar-refractivity contribution in [2.75, 3.05) is 13.1 Å². The van der Waals surface area contributed by atoms with Crippen molar-refractivity contribution in [1.82, 2.24) is 19.0 Å². The molecule has 0 radical (unpaired) electrons. The Bertz CT molecular complexity index is 1040. The average molecular weight is 405 g/mol. The molecule has 3 heterocycles. The highest BCUT2D eigenvalue weighted by Gasteiger charge is 2.27. The summed E-state index contributed by atoms with van der Waals surface area (Å²) in [5.41, 5.74) is 2.05. The zero-order valence-electron chi connectivity index (χ0n) is 17.4. The first kappa shape index (κ1) is 20.1. The first-order valence-electron chi connectivity index (χ1n) is 10.6. The summed E-state index contributed by atoms with van der Waals surface area (Å²) in [7, 11) is 0. The van der Waals surface area contributed by atoms with Gasteiger partial charge in [-0.05, 0) is 49.3 Å². The first-order valence-corrected chi connectivity index (χ1v) is 10.6. The van der Waals surface area contributed by atoms with Crippen LogP contribution in [0.15, 0.2) is 66.1 Å². The van der Waals surface area contributed by atoms with Crippen LogP contribution >= 0.6 is 0 Å². The Labute approximate surface area is 176 Å². The van der Waals surface area contributed by atoms with Crippen LogP contribution in [-0.2, 0) is 19.5 Å². The molecule has 30 heavy (non-hydrogen) atoms. The monoisotopic (exact) mass is 404 g/mol. The van der Waals surface area contributed by atoms with Gasteiger partial charge in [0.05, 0.1) is 6.33 Å². The largest absolute Gasteiger partial charge is 0.338 e. The van der Waals surface area contributed by atoms with E-state index in [2.05, 4.69) is 21.7 Å². The molecule has 1 aliphatic heterocycles. The van der Waals surface area contributed by atoms with E-state index in [-0.39, 0.29) is 11.5 Å². The molecule has 1 unspecified atom stereocenters. The lowest BCUT2D eigenvalue weighted by atomic mass is 9.97. The van der Waals surface area contributed by atoms with Crippen LogP contribution in [0.2, 0.25) is 0 Å². The molecule has 1 fully saturated rings. The number of aromatic nitrogens is 3. The second-order valence-corrected chi connectivity index (χ2v) is 8.13. The van der Waals surface area contributed by atoms with Gasteiger partial charge in [0.2, 0.25) is 0 Å². The van der Waals surface area contributed by atoms with E-state index in [4.69, 9.17) is 0 Å². The SMILES string of the molecule is Cc1ccn(CCc2ccccc2)c(=O)c1C(=O)N1CCCC(Cn2ccnc2)C1. The van der Waals surface area contributed by atoms with E-state index < -0.39 is 0 Å². The standard InChI is InChI=1S/C24H28N4O2/c1-19-9-13-27(14-10-20-6-3-2-4-7-20)23(29)22(19)24(30)28-12-5-8-21(17-28)16-26-15-11-25-18-26/h2-4,6-7,9,11,13,15,18,21H,5,8,10,12,14,16-17H2,1H3. The number of hydrogen-bond acceptors (Lipinski definition) is 3. The third-order valence-corrected chi connectivity index (χ3v) is 5.91. The summed E-state index contributed by atoms with van der Waals surface area (Å²) in [5.74, 6) is 0.239. The molecule has 0 spiro atoms. The summed E-state index contributed by atoms with van der Waals surface area (Å²) in [6.45, 7) is 4.64. The number of carbonyl (C=O) groups excluding carboxylic acids is 1. The molecule has 0 aliphatic carbocycles. The summed E-state index contributed by atoms with van der Waals surface area (Å²) in [6.07, 6.45) is 10.1. The van der Waals surface area contributed by atoms with E-state index in [0.29, 0.717) is 31.1 Å². The average Bonchev–Trinajstić information content (AvgIpc) is 3.27. The topological polar surface area (TPSA) is 60.1 Å². The Hall–Kier alpha value is -3.15. The zero-order valence-corrected chi connectivity index (χ0v) is 17.4. The zero-order chi connectivity index (χ0) is 20.9. The van der Waals surface area contributed by atoms with Crippen LogP contribution in [0.1, 0.15) is 34.3 Å². The lowest BCUT2D eigenvalue weighted by molar-refractivity contribution is 0.0659. The molecule has 0 N–H and O–H groups in total. The van der Waals surface area contributed by atoms with Gasteiger partial charge in [-0.2, -0.15) is 0 Å². The Morgan fingerprint density at radius 2 is 2.00 bits per heavy atom. The molecule has 1 atom stereocenters. The smallest absolute Gasteiger partial charge is 0.263 e. The molecular formula is C24H28N4O2. The highest BCUT2D eigenvalue weighted by molar-refractivity contribution is 5.95. The highest BCUT2D eigenvalue weighted by Crippen LogP contribution is 2.20. The van der Waals surface area contributed by atoms with Gasteiger partial charge in [-0.25, -0.2) is 4.98 Å². The van der Waals surface area contributed by atoms with Crippen LogP contribution in [0.25, 0.3) is 0 Å². The van der Waals surface area contributed by atoms with Gasteiger partial charge in [0.25, 0.3) is 11.5 Å². The van der Waals surface area contributed by atoms with Gasteiger partial charge in [-0.15, -0.1) is 0 Å². The van der Waals surface area contributed by atoms with Gasteiger partial charge >= 0.3 is 0 Å². The summed E-state index contributed by atoms with van der Waals surface area (Å²) >= 11 is 0. The number of rotatable bonds is 6. The number of nitrogens with zero attached hydrogens (tertiary/aromatic N) is 4. The van der Waals surface area contributed by atoms with Gasteiger partial charge in [0, 0.05) is 44.8 Å². The van der Waals surface area contributed by atoms with E-state index in [1.54, 1.807) is 17.0 Å². The molecule has 1 aliphatic rings. The van der Waals surface area contributed by atoms with Crippen molar-refractivity contribution in [3.63, 3.8) is 0 Å². The van der Waals surface area contributed by atoms with E-state index >= 15 is 0 Å². The minimum Gasteiger partial charge on any atom is -0.338 e. The molecule has 156 valence electrons. The predicted molar refractivity (Wildman–Crippen MR) is 116 cm³/mol. The molecule has 0 bridgehead atoms. The van der Waals surface area contributed by atoms with Crippen molar-refractivity contribution in [3.8, 4) is 0 Å². The summed E-state index contributed by atoms with van der Waals surface area (Å²) in [4.78, 5) is 32.4. The molecule has 1 saturated heterocycles. The van der Waals surface area contributed by atoms with Gasteiger partial charge in [-0.1, -0.05) is 30.3 Å². The van der Waals surface area contributed by atoms with Crippen molar-refractivity contribution < 1.29 is 4.79 Å². The highest BCUT2D eigenvalue weighted by atomic mass is 16.2. The number of imidazole rings is 1. The van der Waals surface area contributed by atoms with Crippen molar-refractivity contribution in [3.05, 3.63) is 88.4 Å². The number of carbonyl (C=O) groups is 1. The lowest BCUT2D eigenvalue weighted by Crippen LogP contribution is -2.44. The molecule has 6 heteroatoms. The van der Waals surface area contributed by atoms with Crippen molar-refractivity contribution >= 4 is 5.91 Å². The number of hydrogen-bond donors (Lipinski definition) is 0. The minimum absolute atomic E-state index is 0.137. The van der Waals surface area contributed by atoms with Gasteiger partial charge in [0.15, 0.2) is 0 Å². The predicted octanol–water partition coefficient (Wildman–Crippen LogP) is 3.15. The van der Waals surface area contributed by atoms with Gasteiger partial charge in [-0.3, -0.25) is 9.59 Å². The fourth-order valence-corrected chi connectivity index (χ4v) is 4.25. The number of benzene rings is 1. The third-order valence-electron chi connectivity index (χ3n) is 5.91. The number of aryl methyl sites for hydroxylation is 3. The van der Waals surface area contributed by atoms with E-state index in [9.17, 15) is 9.59 Å². The maximum absolute atomic E-state index is 13.3. The molecular weight excluding hydrogens is 376 g/mol. The Morgan fingerprint density at radius 1 is 1.17 bits per heavy atom. The number of pyridine rings is 1. The lowest BCUT2D eigenvalue weighted by Gasteiger charge is -2.33. The third kappa shape index (κ3) is 4.53. The van der Waals surface area contributed by atoms with Crippen LogP contribution in [0.3, 0.4) is 0 Å². The van der Waals surface area contributed by atoms with E-state index in [1.807, 2.05) is 48.6 Å². The van der Waals surface area contributed by atoms with Gasteiger partial charge < -0.3 is 14.0 Å². The van der Waals surface area contributed by atoms with Crippen molar-refractivity contribution in [2.24, 2.45) is 5.92 Å². The van der Waals surface area contributed by atoms with Crippen LogP contribution in [-0.4, -0.2) is 38.0 Å². The quantitative estimate of drug-likeness (QED) is 0.634. The van der Waals surface area contributed by atoms with E-state index in [0.717, 1.165) is 31.4 Å². The van der Waals surface area contributed by atoms with Crippen molar-refractivity contribution in [2.45, 2.75) is 39.3 Å². The summed E-state index contributed by atoms with van der Waals surface area (Å²) in [5, 5.41) is 0. The molecule has 4 rings (SSSR count). The molecule has 2 aromatic heterocycles. The van der Waals surface area contributed by atoms with Crippen molar-refractivity contribution in [1.29, 1.82) is 0 Å². The second kappa shape index (κ2) is 9.11. The summed E-state index contributed by atoms with van der Waals surface area (Å²) < 4.78 is 3.73. The molecule has 1 amide bonds. The van der Waals surface area contributed by atoms with Crippen LogP contribution in [0.5, 0.6) is 0 Å².